The van der Waals surface area contributed by atoms with E-state index in [9.17, 15) is 10.2 Å². The number of ether oxygens (including phenoxy) is 2. The monoisotopic (exact) mass is 674 g/mol. The number of phenols is 2. The first-order chi connectivity index (χ1) is 25.4. The predicted octanol–water partition coefficient (Wildman–Crippen LogP) is 9.20. The summed E-state index contributed by atoms with van der Waals surface area (Å²) in [5, 5.41) is 22.2. The lowest BCUT2D eigenvalue weighted by atomic mass is 9.95. The van der Waals surface area contributed by atoms with Gasteiger partial charge in [-0.2, -0.15) is 0 Å². The Kier molecular flexibility index (Phi) is 9.34. The molecule has 7 aromatic rings. The van der Waals surface area contributed by atoms with E-state index in [0.29, 0.717) is 39.7 Å². The van der Waals surface area contributed by atoms with Crippen molar-refractivity contribution in [2.24, 2.45) is 0 Å². The van der Waals surface area contributed by atoms with Crippen molar-refractivity contribution in [1.29, 1.82) is 0 Å². The maximum atomic E-state index is 10.4. The summed E-state index contributed by atoms with van der Waals surface area (Å²) in [6.07, 6.45) is 0. The van der Waals surface area contributed by atoms with Gasteiger partial charge in [0.1, 0.15) is 34.5 Å². The molecule has 0 spiro atoms. The van der Waals surface area contributed by atoms with E-state index >= 15 is 0 Å². The summed E-state index contributed by atoms with van der Waals surface area (Å²) in [6, 6.07) is 44.0. The van der Waals surface area contributed by atoms with Gasteiger partial charge in [0, 0.05) is 34.2 Å². The van der Waals surface area contributed by atoms with E-state index in [1.807, 2.05) is 109 Å². The molecule has 0 amide bonds. The van der Waals surface area contributed by atoms with Crippen molar-refractivity contribution in [3.63, 3.8) is 0 Å². The molecule has 7 aromatic carbocycles. The van der Waals surface area contributed by atoms with Crippen molar-refractivity contribution in [3.8, 4) is 70.0 Å². The zero-order valence-corrected chi connectivity index (χ0v) is 27.7. The molecule has 0 heterocycles. The van der Waals surface area contributed by atoms with Crippen LogP contribution in [-0.2, 0) is 0 Å². The van der Waals surface area contributed by atoms with Gasteiger partial charge < -0.3 is 31.2 Å². The van der Waals surface area contributed by atoms with Crippen LogP contribution in [0, 0.1) is 35.5 Å². The molecule has 248 valence electrons. The van der Waals surface area contributed by atoms with Crippen LogP contribution < -0.4 is 20.9 Å². The molecule has 6 heteroatoms. The van der Waals surface area contributed by atoms with Gasteiger partial charge in [-0.1, -0.05) is 90.1 Å². The van der Waals surface area contributed by atoms with Crippen molar-refractivity contribution in [2.45, 2.75) is 0 Å². The van der Waals surface area contributed by atoms with Crippen LogP contribution in [-0.4, -0.2) is 10.2 Å². The first-order valence-electron chi connectivity index (χ1n) is 16.3. The molecule has 0 unspecified atom stereocenters. The summed E-state index contributed by atoms with van der Waals surface area (Å²) >= 11 is 0. The highest BCUT2D eigenvalue weighted by molar-refractivity contribution is 5.95. The molecule has 6 N–H and O–H groups in total. The molecule has 0 saturated heterocycles. The number of fused-ring (bicyclic) bond motifs is 1. The standard InChI is InChI=1S/C46H30N2O4/c47-41-24-20-36(28-43(41)49)51-45-30-40-35(26-34(45)19-16-31-10-4-1-5-11-31)27-46(52-37-21-25-42(48)44(50)29-37)39(23-18-33-14-8-3-9-15-33)38(40)22-17-32-12-6-2-7-13-32/h1-15,20-21,24-30,49-50H,47-48H2. The topological polar surface area (TPSA) is 111 Å². The minimum absolute atomic E-state index is 0.0985. The second-order valence-corrected chi connectivity index (χ2v) is 11.7. The highest BCUT2D eigenvalue weighted by atomic mass is 16.5. The number of phenolic OH excluding ortho intramolecular Hbond substituents is 2. The fourth-order valence-corrected chi connectivity index (χ4v) is 5.32. The van der Waals surface area contributed by atoms with Crippen molar-refractivity contribution < 1.29 is 19.7 Å². The van der Waals surface area contributed by atoms with Gasteiger partial charge in [0.15, 0.2) is 0 Å². The minimum atomic E-state index is -0.103. The Morgan fingerprint density at radius 1 is 0.423 bits per heavy atom. The fraction of sp³-hybridized carbons (Fsp3) is 0. The van der Waals surface area contributed by atoms with Gasteiger partial charge in [-0.3, -0.25) is 0 Å². The highest BCUT2D eigenvalue weighted by Crippen LogP contribution is 2.39. The first kappa shape index (κ1) is 32.8. The average molecular weight is 675 g/mol. The Morgan fingerprint density at radius 3 is 1.38 bits per heavy atom. The summed E-state index contributed by atoms with van der Waals surface area (Å²) in [5.41, 5.74) is 16.4. The Morgan fingerprint density at radius 2 is 0.885 bits per heavy atom. The van der Waals surface area contributed by atoms with Gasteiger partial charge in [-0.25, -0.2) is 0 Å². The minimum Gasteiger partial charge on any atom is -0.506 e. The number of benzene rings is 7. The molecule has 6 nitrogen and oxygen atoms in total. The summed E-state index contributed by atoms with van der Waals surface area (Å²) in [6.45, 7) is 0. The third-order valence-electron chi connectivity index (χ3n) is 7.99. The van der Waals surface area contributed by atoms with Crippen LogP contribution in [0.1, 0.15) is 33.4 Å². The second-order valence-electron chi connectivity index (χ2n) is 11.7. The van der Waals surface area contributed by atoms with Crippen LogP contribution in [0.5, 0.6) is 34.5 Å². The molecule has 0 aliphatic carbocycles. The number of hydrogen-bond acceptors (Lipinski definition) is 6. The number of anilines is 2. The molecule has 7 rings (SSSR count). The Bertz CT molecular complexity index is 2620. The van der Waals surface area contributed by atoms with Crippen LogP contribution in [0.2, 0.25) is 0 Å². The molecular formula is C46H30N2O4. The maximum Gasteiger partial charge on any atom is 0.144 e. The number of nitrogen functional groups attached to an aromatic ring is 2. The summed E-state index contributed by atoms with van der Waals surface area (Å²) in [7, 11) is 0. The van der Waals surface area contributed by atoms with Crippen LogP contribution in [0.3, 0.4) is 0 Å². The van der Waals surface area contributed by atoms with E-state index < -0.39 is 0 Å². The van der Waals surface area contributed by atoms with E-state index in [4.69, 9.17) is 20.9 Å². The van der Waals surface area contributed by atoms with Gasteiger partial charge in [0.05, 0.1) is 28.1 Å². The molecule has 0 aliphatic rings. The molecule has 0 atom stereocenters. The van der Waals surface area contributed by atoms with E-state index in [-0.39, 0.29) is 22.9 Å². The zero-order chi connectivity index (χ0) is 35.9. The molecule has 0 aliphatic heterocycles. The lowest BCUT2D eigenvalue weighted by Gasteiger charge is -2.16. The third kappa shape index (κ3) is 7.61. The molecule has 0 fully saturated rings. The number of hydrogen-bond donors (Lipinski definition) is 4. The Hall–Kier alpha value is -7.72. The normalized spacial score (nSPS) is 10.2. The Labute approximate surface area is 301 Å². The van der Waals surface area contributed by atoms with E-state index in [1.165, 1.54) is 12.1 Å². The average Bonchev–Trinajstić information content (AvgIpc) is 3.17. The van der Waals surface area contributed by atoms with Crippen molar-refractivity contribution in [3.05, 3.63) is 179 Å². The Balaban J connectivity index is 1.51. The molecule has 0 saturated carbocycles. The first-order valence-corrected chi connectivity index (χ1v) is 16.3. The van der Waals surface area contributed by atoms with Crippen LogP contribution in [0.25, 0.3) is 10.8 Å². The zero-order valence-electron chi connectivity index (χ0n) is 27.7. The molecular weight excluding hydrogens is 645 g/mol. The summed E-state index contributed by atoms with van der Waals surface area (Å²) in [5.74, 6) is 21.2. The highest BCUT2D eigenvalue weighted by Gasteiger charge is 2.18. The van der Waals surface area contributed by atoms with E-state index in [0.717, 1.165) is 27.5 Å². The van der Waals surface area contributed by atoms with Crippen LogP contribution in [0.15, 0.2) is 146 Å². The van der Waals surface area contributed by atoms with Crippen molar-refractivity contribution in [1.82, 2.24) is 0 Å². The molecule has 52 heavy (non-hydrogen) atoms. The van der Waals surface area contributed by atoms with Crippen LogP contribution >= 0.6 is 0 Å². The van der Waals surface area contributed by atoms with Crippen molar-refractivity contribution >= 4 is 22.1 Å². The summed E-state index contributed by atoms with van der Waals surface area (Å²) < 4.78 is 12.9. The maximum absolute atomic E-state index is 10.4. The van der Waals surface area contributed by atoms with Crippen molar-refractivity contribution in [2.75, 3.05) is 11.5 Å². The molecule has 0 bridgehead atoms. The smallest absolute Gasteiger partial charge is 0.144 e. The largest absolute Gasteiger partial charge is 0.506 e. The number of aromatic hydroxyl groups is 2. The number of rotatable bonds is 4. The number of nitrogens with two attached hydrogens (primary N) is 2. The molecule has 0 aromatic heterocycles. The van der Waals surface area contributed by atoms with Gasteiger partial charge >= 0.3 is 0 Å². The van der Waals surface area contributed by atoms with E-state index in [2.05, 4.69) is 35.5 Å². The van der Waals surface area contributed by atoms with Gasteiger partial charge in [-0.05, 0) is 84.2 Å². The van der Waals surface area contributed by atoms with Gasteiger partial charge in [-0.15, -0.1) is 0 Å². The fourth-order valence-electron chi connectivity index (χ4n) is 5.32. The SMILES string of the molecule is Nc1ccc(Oc2cc3c(C#Cc4ccccc4)c(C#Cc4ccccc4)c(Oc4ccc(N)c(O)c4)cc3cc2C#Cc2ccccc2)cc1O. The van der Waals surface area contributed by atoms with Crippen LogP contribution in [0.4, 0.5) is 11.4 Å². The third-order valence-corrected chi connectivity index (χ3v) is 7.99. The quantitative estimate of drug-likeness (QED) is 0.0842. The van der Waals surface area contributed by atoms with E-state index in [1.54, 1.807) is 24.3 Å². The second kappa shape index (κ2) is 14.8. The predicted molar refractivity (Wildman–Crippen MR) is 206 cm³/mol. The molecule has 0 radical (unpaired) electrons. The van der Waals surface area contributed by atoms with Gasteiger partial charge in [0.25, 0.3) is 0 Å². The summed E-state index contributed by atoms with van der Waals surface area (Å²) in [4.78, 5) is 0. The lowest BCUT2D eigenvalue weighted by Crippen LogP contribution is -1.97. The van der Waals surface area contributed by atoms with Gasteiger partial charge in [0.2, 0.25) is 0 Å². The lowest BCUT2D eigenvalue weighted by molar-refractivity contribution is 0.455.